The molecule has 0 aliphatic heterocycles. The maximum atomic E-state index is 11.8. The Balaban J connectivity index is 1.61. The number of rotatable bonds is 8. The number of aliphatic carboxylic acids is 1. The first-order valence-electron chi connectivity index (χ1n) is 9.67. The van der Waals surface area contributed by atoms with E-state index in [1.54, 1.807) is 48.5 Å². The third kappa shape index (κ3) is 4.98. The number of furan rings is 1. The number of benzene rings is 2. The number of aromatic amines is 1. The van der Waals surface area contributed by atoms with E-state index in [0.717, 1.165) is 11.8 Å². The lowest BCUT2D eigenvalue weighted by molar-refractivity contribution is -0.131. The maximum Gasteiger partial charge on any atom is 0.342 e. The van der Waals surface area contributed by atoms with E-state index in [4.69, 9.17) is 20.8 Å². The first-order valence-corrected chi connectivity index (χ1v) is 10.9. The number of carboxylic acids is 2. The quantitative estimate of drug-likeness (QED) is 0.218. The summed E-state index contributed by atoms with van der Waals surface area (Å²) in [4.78, 5) is 27.5. The van der Waals surface area contributed by atoms with Crippen LogP contribution in [0.25, 0.3) is 28.8 Å². The Morgan fingerprint density at radius 2 is 1.91 bits per heavy atom. The lowest BCUT2D eigenvalue weighted by Crippen LogP contribution is -1.98. The number of halogens is 1. The van der Waals surface area contributed by atoms with Gasteiger partial charge in [-0.3, -0.25) is 5.10 Å². The molecule has 34 heavy (non-hydrogen) atoms. The number of hydrogen-bond acceptors (Lipinski definition) is 7. The van der Waals surface area contributed by atoms with Crippen LogP contribution < -0.4 is 4.74 Å². The molecule has 2 heterocycles. The van der Waals surface area contributed by atoms with Crippen molar-refractivity contribution in [2.24, 2.45) is 0 Å². The summed E-state index contributed by atoms with van der Waals surface area (Å²) >= 11 is 6.89. The summed E-state index contributed by atoms with van der Waals surface area (Å²) in [6, 6.07) is 14.5. The summed E-state index contributed by atoms with van der Waals surface area (Å²) in [6.45, 7) is 0. The Morgan fingerprint density at radius 3 is 2.65 bits per heavy atom. The maximum absolute atomic E-state index is 11.8. The zero-order chi connectivity index (χ0) is 24.2. The van der Waals surface area contributed by atoms with E-state index in [9.17, 15) is 19.8 Å². The van der Waals surface area contributed by atoms with Gasteiger partial charge in [0.25, 0.3) is 0 Å². The average molecular weight is 498 g/mol. The number of carbonyl (C=O) groups is 2. The highest BCUT2D eigenvalue weighted by Crippen LogP contribution is 2.33. The normalized spacial score (nSPS) is 11.4. The van der Waals surface area contributed by atoms with E-state index in [0.29, 0.717) is 33.5 Å². The van der Waals surface area contributed by atoms with Crippen molar-refractivity contribution < 1.29 is 29.0 Å². The van der Waals surface area contributed by atoms with Gasteiger partial charge in [0, 0.05) is 16.7 Å². The minimum absolute atomic E-state index is 0.0740. The molecule has 0 saturated heterocycles. The largest absolute Gasteiger partial charge is 0.496 e. The Kier molecular flexibility index (Phi) is 6.71. The fourth-order valence-corrected chi connectivity index (χ4v) is 3.96. The van der Waals surface area contributed by atoms with Crippen molar-refractivity contribution in [3.05, 3.63) is 75.8 Å². The highest BCUT2D eigenvalue weighted by molar-refractivity contribution is 8.04. The molecule has 0 saturated carbocycles. The molecule has 0 radical (unpaired) electrons. The van der Waals surface area contributed by atoms with E-state index in [1.807, 2.05) is 0 Å². The van der Waals surface area contributed by atoms with Crippen LogP contribution in [0.5, 0.6) is 5.75 Å². The van der Waals surface area contributed by atoms with Gasteiger partial charge in [0.15, 0.2) is 5.82 Å². The van der Waals surface area contributed by atoms with E-state index >= 15 is 0 Å². The van der Waals surface area contributed by atoms with Crippen LogP contribution in [0.2, 0.25) is 5.02 Å². The highest BCUT2D eigenvalue weighted by Gasteiger charge is 2.18. The molecule has 2 aromatic heterocycles. The van der Waals surface area contributed by atoms with Gasteiger partial charge in [-0.1, -0.05) is 29.8 Å². The number of thioether (sulfide) groups is 1. The zero-order valence-corrected chi connectivity index (χ0v) is 19.1. The SMILES string of the molecule is COc1ccc(Cl)cc1-c1nc(S/C(=C\c2ccc(-c3ccccc3C(=O)O)o2)C(=O)O)n[nH]1. The predicted molar refractivity (Wildman–Crippen MR) is 126 cm³/mol. The minimum atomic E-state index is -1.21. The number of aromatic carboxylic acids is 1. The number of nitrogens with one attached hydrogen (secondary N) is 1. The van der Waals surface area contributed by atoms with Crippen LogP contribution >= 0.6 is 23.4 Å². The fraction of sp³-hybridized carbons (Fsp3) is 0.0435. The van der Waals surface area contributed by atoms with Crippen molar-refractivity contribution in [3.63, 3.8) is 0 Å². The van der Waals surface area contributed by atoms with Gasteiger partial charge in [-0.15, -0.1) is 5.10 Å². The van der Waals surface area contributed by atoms with Gasteiger partial charge in [-0.25, -0.2) is 14.6 Å². The molecule has 0 amide bonds. The van der Waals surface area contributed by atoms with Crippen molar-refractivity contribution >= 4 is 41.4 Å². The molecule has 0 aliphatic rings. The molecule has 172 valence electrons. The molecule has 0 fully saturated rings. The number of hydrogen-bond donors (Lipinski definition) is 3. The van der Waals surface area contributed by atoms with E-state index in [1.165, 1.54) is 19.3 Å². The predicted octanol–water partition coefficient (Wildman–Crippen LogP) is 5.31. The van der Waals surface area contributed by atoms with Crippen molar-refractivity contribution in [1.82, 2.24) is 15.2 Å². The second kappa shape index (κ2) is 9.86. The van der Waals surface area contributed by atoms with E-state index < -0.39 is 11.9 Å². The summed E-state index contributed by atoms with van der Waals surface area (Å²) < 4.78 is 11.0. The molecule has 0 unspecified atom stereocenters. The van der Waals surface area contributed by atoms with Crippen molar-refractivity contribution in [2.45, 2.75) is 5.16 Å². The number of methoxy groups -OCH3 is 1. The van der Waals surface area contributed by atoms with Crippen LogP contribution in [0.3, 0.4) is 0 Å². The summed E-state index contributed by atoms with van der Waals surface area (Å²) in [6.07, 6.45) is 1.32. The molecule has 11 heteroatoms. The number of H-pyrrole nitrogens is 1. The smallest absolute Gasteiger partial charge is 0.342 e. The van der Waals surface area contributed by atoms with Crippen molar-refractivity contribution in [3.8, 4) is 28.5 Å². The Morgan fingerprint density at radius 1 is 1.12 bits per heavy atom. The van der Waals surface area contributed by atoms with E-state index in [2.05, 4.69) is 15.2 Å². The molecule has 0 bridgehead atoms. The van der Waals surface area contributed by atoms with Gasteiger partial charge in [-0.05, 0) is 48.2 Å². The third-order valence-electron chi connectivity index (χ3n) is 4.62. The van der Waals surface area contributed by atoms with Gasteiger partial charge in [-0.2, -0.15) is 0 Å². The van der Waals surface area contributed by atoms with Gasteiger partial charge in [0.1, 0.15) is 22.2 Å². The number of nitrogens with zero attached hydrogens (tertiary/aromatic N) is 2. The van der Waals surface area contributed by atoms with Crippen molar-refractivity contribution in [2.75, 3.05) is 7.11 Å². The van der Waals surface area contributed by atoms with Gasteiger partial charge < -0.3 is 19.4 Å². The van der Waals surface area contributed by atoms with Crippen LogP contribution in [-0.4, -0.2) is 44.4 Å². The van der Waals surface area contributed by atoms with Crippen LogP contribution in [0.1, 0.15) is 16.1 Å². The molecule has 0 atom stereocenters. The van der Waals surface area contributed by atoms with Crippen LogP contribution in [0, 0.1) is 0 Å². The van der Waals surface area contributed by atoms with Gasteiger partial charge in [0.2, 0.25) is 5.16 Å². The van der Waals surface area contributed by atoms with Crippen LogP contribution in [0.4, 0.5) is 0 Å². The Hall–Kier alpha value is -4.02. The minimum Gasteiger partial charge on any atom is -0.496 e. The number of ether oxygens (including phenoxy) is 1. The van der Waals surface area contributed by atoms with Crippen LogP contribution in [-0.2, 0) is 4.79 Å². The van der Waals surface area contributed by atoms with Gasteiger partial charge >= 0.3 is 11.9 Å². The molecule has 0 aliphatic carbocycles. The fourth-order valence-electron chi connectivity index (χ4n) is 3.10. The lowest BCUT2D eigenvalue weighted by Gasteiger charge is -2.05. The molecule has 0 spiro atoms. The Bertz CT molecular complexity index is 1410. The monoisotopic (exact) mass is 497 g/mol. The topological polar surface area (TPSA) is 139 Å². The van der Waals surface area contributed by atoms with Crippen LogP contribution in [0.15, 0.2) is 69.1 Å². The van der Waals surface area contributed by atoms with Crippen molar-refractivity contribution in [1.29, 1.82) is 0 Å². The lowest BCUT2D eigenvalue weighted by atomic mass is 10.1. The molecule has 4 aromatic rings. The standard InChI is InChI=1S/C23H16ClN3O6S/c1-32-17-8-6-12(24)10-16(17)20-25-23(27-26-20)34-19(22(30)31)11-13-7-9-18(33-13)14-4-2-3-5-15(14)21(28)29/h2-11H,1H3,(H,28,29)(H,30,31)(H,25,26,27)/b19-11-. The molecule has 9 nitrogen and oxygen atoms in total. The van der Waals surface area contributed by atoms with Gasteiger partial charge in [0.05, 0.1) is 18.2 Å². The average Bonchev–Trinajstić information content (AvgIpc) is 3.48. The summed E-state index contributed by atoms with van der Waals surface area (Å²) in [5, 5.41) is 26.5. The number of carboxylic acid groups (broad SMARTS) is 2. The Labute approximate surface area is 202 Å². The second-order valence-corrected chi connectivity index (χ2v) is 8.23. The zero-order valence-electron chi connectivity index (χ0n) is 17.5. The first kappa shape index (κ1) is 23.1. The molecule has 3 N–H and O–H groups in total. The summed E-state index contributed by atoms with van der Waals surface area (Å²) in [7, 11) is 1.51. The number of aromatic nitrogens is 3. The molecular formula is C23H16ClN3O6S. The second-order valence-electron chi connectivity index (χ2n) is 6.78. The highest BCUT2D eigenvalue weighted by atomic mass is 35.5. The van der Waals surface area contributed by atoms with E-state index in [-0.39, 0.29) is 21.4 Å². The molecule has 4 rings (SSSR count). The summed E-state index contributed by atoms with van der Waals surface area (Å²) in [5.41, 5.74) is 1.03. The first-order chi connectivity index (χ1) is 16.4. The molecular weight excluding hydrogens is 482 g/mol. The third-order valence-corrected chi connectivity index (χ3v) is 5.73. The summed E-state index contributed by atoms with van der Waals surface area (Å²) in [5.74, 6) is -0.893. The molecule has 2 aromatic carbocycles.